The molecule has 2 rings (SSSR count). The molecule has 1 N–H and O–H groups in total. The number of hydrogen-bond acceptors (Lipinski definition) is 2. The zero-order valence-corrected chi connectivity index (χ0v) is 14.8. The highest BCUT2D eigenvalue weighted by molar-refractivity contribution is 9.10. The SMILES string of the molecule is C/C(=N\NC(=O)Cc1ccc(Br)cc1)c1ccc(Cl)cc1Cl. The number of rotatable bonds is 4. The van der Waals surface area contributed by atoms with Crippen molar-refractivity contribution in [1.29, 1.82) is 0 Å². The maximum Gasteiger partial charge on any atom is 0.244 e. The van der Waals surface area contributed by atoms with Gasteiger partial charge in [-0.05, 0) is 36.8 Å². The molecule has 114 valence electrons. The summed E-state index contributed by atoms with van der Waals surface area (Å²) in [4.78, 5) is 11.9. The van der Waals surface area contributed by atoms with E-state index in [-0.39, 0.29) is 12.3 Å². The summed E-state index contributed by atoms with van der Waals surface area (Å²) in [6, 6.07) is 12.7. The first-order valence-electron chi connectivity index (χ1n) is 6.48. The molecule has 0 aliphatic heterocycles. The van der Waals surface area contributed by atoms with E-state index in [1.54, 1.807) is 25.1 Å². The molecule has 0 spiro atoms. The van der Waals surface area contributed by atoms with Crippen molar-refractivity contribution in [2.24, 2.45) is 5.10 Å². The Bertz CT molecular complexity index is 715. The van der Waals surface area contributed by atoms with Crippen molar-refractivity contribution in [3.05, 3.63) is 68.1 Å². The molecule has 0 aliphatic carbocycles. The van der Waals surface area contributed by atoms with E-state index in [0.29, 0.717) is 15.8 Å². The van der Waals surface area contributed by atoms with Crippen molar-refractivity contribution in [3.63, 3.8) is 0 Å². The van der Waals surface area contributed by atoms with Crippen LogP contribution in [0.3, 0.4) is 0 Å². The van der Waals surface area contributed by atoms with Crippen molar-refractivity contribution < 1.29 is 4.79 Å². The summed E-state index contributed by atoms with van der Waals surface area (Å²) in [5.74, 6) is -0.188. The van der Waals surface area contributed by atoms with Crippen LogP contribution in [0.1, 0.15) is 18.1 Å². The van der Waals surface area contributed by atoms with Gasteiger partial charge >= 0.3 is 0 Å². The number of nitrogens with zero attached hydrogens (tertiary/aromatic N) is 1. The third kappa shape index (κ3) is 4.83. The third-order valence-corrected chi connectivity index (χ3v) is 4.02. The van der Waals surface area contributed by atoms with E-state index in [4.69, 9.17) is 23.2 Å². The van der Waals surface area contributed by atoms with Crippen molar-refractivity contribution in [2.75, 3.05) is 0 Å². The fraction of sp³-hybridized carbons (Fsp3) is 0.125. The minimum Gasteiger partial charge on any atom is -0.273 e. The highest BCUT2D eigenvalue weighted by Gasteiger charge is 2.06. The molecule has 0 atom stereocenters. The van der Waals surface area contributed by atoms with Gasteiger partial charge in [-0.3, -0.25) is 4.79 Å². The first kappa shape index (κ1) is 17.0. The van der Waals surface area contributed by atoms with E-state index in [2.05, 4.69) is 26.5 Å². The Morgan fingerprint density at radius 1 is 1.18 bits per heavy atom. The number of hydrazone groups is 1. The summed E-state index contributed by atoms with van der Waals surface area (Å²) in [6.45, 7) is 1.77. The minimum absolute atomic E-state index is 0.188. The van der Waals surface area contributed by atoms with Crippen molar-refractivity contribution >= 4 is 50.8 Å². The Hall–Kier alpha value is -1.36. The average Bonchev–Trinajstić information content (AvgIpc) is 2.47. The Kier molecular flexibility index (Phi) is 6.00. The highest BCUT2D eigenvalue weighted by atomic mass is 79.9. The normalized spacial score (nSPS) is 11.4. The fourth-order valence-electron chi connectivity index (χ4n) is 1.82. The first-order chi connectivity index (χ1) is 10.5. The lowest BCUT2D eigenvalue weighted by Crippen LogP contribution is -2.21. The predicted molar refractivity (Wildman–Crippen MR) is 94.7 cm³/mol. The summed E-state index contributed by atoms with van der Waals surface area (Å²) < 4.78 is 0.975. The summed E-state index contributed by atoms with van der Waals surface area (Å²) in [6.07, 6.45) is 0.262. The zero-order chi connectivity index (χ0) is 16.1. The Labute approximate surface area is 147 Å². The van der Waals surface area contributed by atoms with Crippen LogP contribution in [-0.4, -0.2) is 11.6 Å². The van der Waals surface area contributed by atoms with Crippen LogP contribution in [0, 0.1) is 0 Å². The molecule has 0 unspecified atom stereocenters. The van der Waals surface area contributed by atoms with Gasteiger partial charge in [0.2, 0.25) is 5.91 Å². The maximum atomic E-state index is 11.9. The van der Waals surface area contributed by atoms with Gasteiger partial charge in [-0.2, -0.15) is 5.10 Å². The number of benzene rings is 2. The lowest BCUT2D eigenvalue weighted by Gasteiger charge is -2.05. The molecule has 0 bridgehead atoms. The average molecular weight is 400 g/mol. The quantitative estimate of drug-likeness (QED) is 0.580. The monoisotopic (exact) mass is 398 g/mol. The van der Waals surface area contributed by atoms with E-state index in [1.165, 1.54) is 0 Å². The number of carbonyl (C=O) groups excluding carboxylic acids is 1. The number of amides is 1. The number of nitrogens with one attached hydrogen (secondary N) is 1. The second-order valence-electron chi connectivity index (χ2n) is 4.66. The molecule has 2 aromatic carbocycles. The van der Waals surface area contributed by atoms with Gasteiger partial charge in [0.25, 0.3) is 0 Å². The van der Waals surface area contributed by atoms with Crippen LogP contribution in [-0.2, 0) is 11.2 Å². The van der Waals surface area contributed by atoms with Crippen LogP contribution in [0.15, 0.2) is 52.0 Å². The van der Waals surface area contributed by atoms with Gasteiger partial charge in [0.15, 0.2) is 0 Å². The Morgan fingerprint density at radius 3 is 2.50 bits per heavy atom. The molecule has 0 radical (unpaired) electrons. The standard InChI is InChI=1S/C16H13BrCl2N2O/c1-10(14-7-6-13(18)9-15(14)19)20-21-16(22)8-11-2-4-12(17)5-3-11/h2-7,9H,8H2,1H3,(H,21,22)/b20-10+. The second kappa shape index (κ2) is 7.77. The summed E-state index contributed by atoms with van der Waals surface area (Å²) in [7, 11) is 0. The predicted octanol–water partition coefficient (Wildman–Crippen LogP) is 4.84. The van der Waals surface area contributed by atoms with Gasteiger partial charge in [-0.15, -0.1) is 0 Å². The molecule has 1 amide bonds. The Morgan fingerprint density at radius 2 is 1.86 bits per heavy atom. The van der Waals surface area contributed by atoms with Gasteiger partial charge in [0, 0.05) is 15.1 Å². The van der Waals surface area contributed by atoms with E-state index >= 15 is 0 Å². The zero-order valence-electron chi connectivity index (χ0n) is 11.7. The van der Waals surface area contributed by atoms with Gasteiger partial charge < -0.3 is 0 Å². The van der Waals surface area contributed by atoms with Gasteiger partial charge in [0.1, 0.15) is 0 Å². The van der Waals surface area contributed by atoms with Gasteiger partial charge in [-0.1, -0.05) is 57.3 Å². The summed E-state index contributed by atoms with van der Waals surface area (Å²) in [5.41, 5.74) is 4.79. The summed E-state index contributed by atoms with van der Waals surface area (Å²) in [5, 5.41) is 5.13. The topological polar surface area (TPSA) is 41.5 Å². The van der Waals surface area contributed by atoms with Crippen LogP contribution in [0.2, 0.25) is 10.0 Å². The second-order valence-corrected chi connectivity index (χ2v) is 6.42. The Balaban J connectivity index is 2.00. The van der Waals surface area contributed by atoms with Crippen LogP contribution in [0.4, 0.5) is 0 Å². The van der Waals surface area contributed by atoms with Crippen molar-refractivity contribution in [2.45, 2.75) is 13.3 Å². The number of halogens is 3. The number of carbonyl (C=O) groups is 1. The molecule has 6 heteroatoms. The van der Waals surface area contributed by atoms with Crippen molar-refractivity contribution in [1.82, 2.24) is 5.43 Å². The van der Waals surface area contributed by atoms with Crippen LogP contribution < -0.4 is 5.43 Å². The molecule has 3 nitrogen and oxygen atoms in total. The molecule has 0 aromatic heterocycles. The molecule has 0 fully saturated rings. The largest absolute Gasteiger partial charge is 0.273 e. The molecular weight excluding hydrogens is 387 g/mol. The summed E-state index contributed by atoms with van der Waals surface area (Å²) >= 11 is 15.3. The maximum absolute atomic E-state index is 11.9. The smallest absolute Gasteiger partial charge is 0.244 e. The molecule has 0 saturated carbocycles. The van der Waals surface area contributed by atoms with E-state index in [0.717, 1.165) is 15.6 Å². The molecule has 0 heterocycles. The molecule has 22 heavy (non-hydrogen) atoms. The lowest BCUT2D eigenvalue weighted by molar-refractivity contribution is -0.120. The fourth-order valence-corrected chi connectivity index (χ4v) is 2.63. The van der Waals surface area contributed by atoms with E-state index < -0.39 is 0 Å². The molecule has 2 aromatic rings. The van der Waals surface area contributed by atoms with E-state index in [1.807, 2.05) is 24.3 Å². The van der Waals surface area contributed by atoms with Gasteiger partial charge in [0.05, 0.1) is 17.2 Å². The third-order valence-electron chi connectivity index (χ3n) is 2.95. The molecule has 0 aliphatic rings. The van der Waals surface area contributed by atoms with E-state index in [9.17, 15) is 4.79 Å². The first-order valence-corrected chi connectivity index (χ1v) is 8.03. The van der Waals surface area contributed by atoms with Gasteiger partial charge in [-0.25, -0.2) is 5.43 Å². The van der Waals surface area contributed by atoms with Crippen LogP contribution in [0.5, 0.6) is 0 Å². The lowest BCUT2D eigenvalue weighted by atomic mass is 10.1. The molecule has 0 saturated heterocycles. The highest BCUT2D eigenvalue weighted by Crippen LogP contribution is 2.21. The van der Waals surface area contributed by atoms with Crippen LogP contribution >= 0.6 is 39.1 Å². The van der Waals surface area contributed by atoms with Crippen LogP contribution in [0.25, 0.3) is 0 Å². The number of hydrogen-bond donors (Lipinski definition) is 1. The van der Waals surface area contributed by atoms with Crippen molar-refractivity contribution in [3.8, 4) is 0 Å². The minimum atomic E-state index is -0.188. The molecular formula is C16H13BrCl2N2O.